The maximum Gasteiger partial charge on any atom is 0.319 e. The number of ether oxygens (including phenoxy) is 1. The Balaban J connectivity index is 2.21. The molecule has 1 aromatic carbocycles. The van der Waals surface area contributed by atoms with Gasteiger partial charge in [0.25, 0.3) is 0 Å². The monoisotopic (exact) mass is 318 g/mol. The van der Waals surface area contributed by atoms with E-state index in [1.807, 2.05) is 6.92 Å². The van der Waals surface area contributed by atoms with Crippen LogP contribution in [-0.2, 0) is 0 Å². The van der Waals surface area contributed by atoms with Crippen molar-refractivity contribution >= 4 is 11.7 Å². The third kappa shape index (κ3) is 3.97. The molecule has 0 unspecified atom stereocenters. The van der Waals surface area contributed by atoms with Gasteiger partial charge in [0.2, 0.25) is 0 Å². The summed E-state index contributed by atoms with van der Waals surface area (Å²) in [6.45, 7) is 7.86. The number of tetrazole rings is 1. The van der Waals surface area contributed by atoms with Crippen LogP contribution in [0.2, 0.25) is 0 Å². The van der Waals surface area contributed by atoms with Crippen LogP contribution in [-0.4, -0.2) is 39.4 Å². The number of nitrogens with zero attached hydrogens (tertiary/aromatic N) is 4. The minimum Gasteiger partial charge on any atom is -0.494 e. The number of benzene rings is 1. The Morgan fingerprint density at radius 1 is 1.30 bits per heavy atom. The molecular weight excluding hydrogens is 296 g/mol. The second-order valence-corrected chi connectivity index (χ2v) is 5.66. The number of anilines is 1. The molecule has 0 spiro atoms. The summed E-state index contributed by atoms with van der Waals surface area (Å²) >= 11 is 0. The number of hydrogen-bond acceptors (Lipinski definition) is 5. The third-order valence-electron chi connectivity index (χ3n) is 3.65. The lowest BCUT2D eigenvalue weighted by Crippen LogP contribution is -2.39. The van der Waals surface area contributed by atoms with Gasteiger partial charge in [0.1, 0.15) is 11.4 Å². The highest BCUT2D eigenvalue weighted by Crippen LogP contribution is 2.26. The SMILES string of the molecule is COc1ccc(NC(=O)N[C@@H](C)C(C)C)cc1-n1nnnc1C. The Morgan fingerprint density at radius 3 is 2.61 bits per heavy atom. The van der Waals surface area contributed by atoms with E-state index in [9.17, 15) is 4.79 Å². The molecule has 2 N–H and O–H groups in total. The van der Waals surface area contributed by atoms with Crippen molar-refractivity contribution in [2.24, 2.45) is 5.92 Å². The van der Waals surface area contributed by atoms with Gasteiger partial charge in [0, 0.05) is 11.7 Å². The highest BCUT2D eigenvalue weighted by molar-refractivity contribution is 5.90. The van der Waals surface area contributed by atoms with Gasteiger partial charge in [-0.05, 0) is 48.4 Å². The Kier molecular flexibility index (Phi) is 5.15. The first kappa shape index (κ1) is 16.7. The number of nitrogens with one attached hydrogen (secondary N) is 2. The summed E-state index contributed by atoms with van der Waals surface area (Å²) in [6.07, 6.45) is 0. The maximum absolute atomic E-state index is 12.0. The summed E-state index contributed by atoms with van der Waals surface area (Å²) in [5.41, 5.74) is 1.29. The molecule has 23 heavy (non-hydrogen) atoms. The molecule has 2 aromatic rings. The predicted molar refractivity (Wildman–Crippen MR) is 86.9 cm³/mol. The number of methoxy groups -OCH3 is 1. The number of carbonyl (C=O) groups is 1. The lowest BCUT2D eigenvalue weighted by atomic mass is 10.1. The molecule has 1 atom stereocenters. The molecule has 0 aliphatic rings. The number of aromatic nitrogens is 4. The molecule has 0 saturated carbocycles. The van der Waals surface area contributed by atoms with Crippen LogP contribution < -0.4 is 15.4 Å². The average Bonchev–Trinajstić information content (AvgIpc) is 2.92. The van der Waals surface area contributed by atoms with Crippen LogP contribution >= 0.6 is 0 Å². The van der Waals surface area contributed by atoms with Gasteiger partial charge in [0.05, 0.1) is 7.11 Å². The molecule has 124 valence electrons. The third-order valence-corrected chi connectivity index (χ3v) is 3.65. The fraction of sp³-hybridized carbons (Fsp3) is 0.467. The van der Waals surface area contributed by atoms with Gasteiger partial charge < -0.3 is 15.4 Å². The molecule has 0 radical (unpaired) electrons. The first-order chi connectivity index (χ1) is 10.9. The largest absolute Gasteiger partial charge is 0.494 e. The molecule has 1 aromatic heterocycles. The fourth-order valence-electron chi connectivity index (χ4n) is 1.93. The molecule has 0 aliphatic carbocycles. The van der Waals surface area contributed by atoms with Gasteiger partial charge in [-0.2, -0.15) is 4.68 Å². The fourth-order valence-corrected chi connectivity index (χ4v) is 1.93. The van der Waals surface area contributed by atoms with Crippen molar-refractivity contribution in [2.75, 3.05) is 12.4 Å². The van der Waals surface area contributed by atoms with Crippen LogP contribution in [0, 0.1) is 12.8 Å². The topological polar surface area (TPSA) is 94.0 Å². The highest BCUT2D eigenvalue weighted by atomic mass is 16.5. The zero-order valence-electron chi connectivity index (χ0n) is 14.0. The molecule has 8 heteroatoms. The van der Waals surface area contributed by atoms with Crippen LogP contribution in [0.15, 0.2) is 18.2 Å². The van der Waals surface area contributed by atoms with Gasteiger partial charge in [-0.25, -0.2) is 4.79 Å². The van der Waals surface area contributed by atoms with E-state index in [2.05, 4.69) is 40.0 Å². The number of aryl methyl sites for hydroxylation is 1. The first-order valence-corrected chi connectivity index (χ1v) is 7.43. The van der Waals surface area contributed by atoms with Crippen molar-refractivity contribution in [1.82, 2.24) is 25.5 Å². The van der Waals surface area contributed by atoms with Crippen molar-refractivity contribution in [3.63, 3.8) is 0 Å². The van der Waals surface area contributed by atoms with E-state index in [1.165, 1.54) is 0 Å². The maximum atomic E-state index is 12.0. The van der Waals surface area contributed by atoms with Crippen LogP contribution in [0.5, 0.6) is 5.75 Å². The van der Waals surface area contributed by atoms with E-state index < -0.39 is 0 Å². The minimum atomic E-state index is -0.254. The molecule has 0 saturated heterocycles. The second-order valence-electron chi connectivity index (χ2n) is 5.66. The standard InChI is InChI=1S/C15H22N6O2/c1-9(2)10(3)16-15(22)17-12-6-7-14(23-5)13(8-12)21-11(4)18-19-20-21/h6-10H,1-5H3,(H2,16,17,22)/t10-/m0/s1. The highest BCUT2D eigenvalue weighted by Gasteiger charge is 2.14. The van der Waals surface area contributed by atoms with Crippen molar-refractivity contribution in [2.45, 2.75) is 33.7 Å². The Labute approximate surface area is 135 Å². The Morgan fingerprint density at radius 2 is 2.04 bits per heavy atom. The van der Waals surface area contributed by atoms with Gasteiger partial charge in [-0.3, -0.25) is 0 Å². The van der Waals surface area contributed by atoms with Crippen molar-refractivity contribution < 1.29 is 9.53 Å². The molecule has 0 fully saturated rings. The van der Waals surface area contributed by atoms with Crippen molar-refractivity contribution in [1.29, 1.82) is 0 Å². The number of urea groups is 1. The average molecular weight is 318 g/mol. The molecule has 2 amide bonds. The number of amides is 2. The predicted octanol–water partition coefficient (Wildman–Crippen LogP) is 2.15. The van der Waals surface area contributed by atoms with Crippen molar-refractivity contribution in [3.8, 4) is 11.4 Å². The van der Waals surface area contributed by atoms with Gasteiger partial charge in [-0.15, -0.1) is 5.10 Å². The van der Waals surface area contributed by atoms with Crippen molar-refractivity contribution in [3.05, 3.63) is 24.0 Å². The first-order valence-electron chi connectivity index (χ1n) is 7.43. The Bertz CT molecular complexity index is 682. The number of carbonyl (C=O) groups excluding carboxylic acids is 1. The summed E-state index contributed by atoms with van der Waals surface area (Å²) in [4.78, 5) is 12.0. The lowest BCUT2D eigenvalue weighted by Gasteiger charge is -2.18. The lowest BCUT2D eigenvalue weighted by molar-refractivity contribution is 0.246. The molecular formula is C15H22N6O2. The minimum absolute atomic E-state index is 0.0782. The smallest absolute Gasteiger partial charge is 0.319 e. The second kappa shape index (κ2) is 7.08. The Hall–Kier alpha value is -2.64. The summed E-state index contributed by atoms with van der Waals surface area (Å²) in [7, 11) is 1.57. The summed E-state index contributed by atoms with van der Waals surface area (Å²) in [5.74, 6) is 1.59. The van der Waals surface area contributed by atoms with E-state index >= 15 is 0 Å². The molecule has 1 heterocycles. The molecule has 2 rings (SSSR count). The van der Waals surface area contributed by atoms with E-state index in [1.54, 1.807) is 36.9 Å². The molecule has 8 nitrogen and oxygen atoms in total. The van der Waals surface area contributed by atoms with E-state index in [0.717, 1.165) is 0 Å². The zero-order valence-corrected chi connectivity index (χ0v) is 14.0. The van der Waals surface area contributed by atoms with Crippen LogP contribution in [0.4, 0.5) is 10.5 Å². The summed E-state index contributed by atoms with van der Waals surface area (Å²) < 4.78 is 6.89. The summed E-state index contributed by atoms with van der Waals surface area (Å²) in [5, 5.41) is 17.1. The van der Waals surface area contributed by atoms with E-state index in [0.29, 0.717) is 28.9 Å². The van der Waals surface area contributed by atoms with Crippen LogP contribution in [0.25, 0.3) is 5.69 Å². The zero-order chi connectivity index (χ0) is 17.0. The van der Waals surface area contributed by atoms with Gasteiger partial charge in [0.15, 0.2) is 5.82 Å². The summed E-state index contributed by atoms with van der Waals surface area (Å²) in [6, 6.07) is 5.12. The molecule has 0 aliphatic heterocycles. The van der Waals surface area contributed by atoms with Gasteiger partial charge >= 0.3 is 6.03 Å². The van der Waals surface area contributed by atoms with Crippen LogP contribution in [0.1, 0.15) is 26.6 Å². The van der Waals surface area contributed by atoms with E-state index in [-0.39, 0.29) is 12.1 Å². The number of hydrogen-bond donors (Lipinski definition) is 2. The normalized spacial score (nSPS) is 12.1. The van der Waals surface area contributed by atoms with Gasteiger partial charge in [-0.1, -0.05) is 13.8 Å². The quantitative estimate of drug-likeness (QED) is 0.881. The van der Waals surface area contributed by atoms with Crippen LogP contribution in [0.3, 0.4) is 0 Å². The van der Waals surface area contributed by atoms with E-state index in [4.69, 9.17) is 4.74 Å². The molecule has 0 bridgehead atoms. The number of rotatable bonds is 5.